The summed E-state index contributed by atoms with van der Waals surface area (Å²) in [6.07, 6.45) is 7.66. The highest BCUT2D eigenvalue weighted by atomic mass is 15.0. The van der Waals surface area contributed by atoms with E-state index in [4.69, 9.17) is 5.41 Å². The summed E-state index contributed by atoms with van der Waals surface area (Å²) in [5.41, 5.74) is 7.35. The van der Waals surface area contributed by atoms with E-state index in [1.807, 2.05) is 6.92 Å². The molecule has 2 aromatic heterocycles. The molecule has 1 atom stereocenters. The number of aromatic amines is 1. The fourth-order valence-electron chi connectivity index (χ4n) is 4.58. The van der Waals surface area contributed by atoms with Crippen LogP contribution in [0.2, 0.25) is 0 Å². The molecule has 2 aromatic carbocycles. The van der Waals surface area contributed by atoms with Crippen molar-refractivity contribution in [1.82, 2.24) is 9.55 Å². The lowest BCUT2D eigenvalue weighted by atomic mass is 9.88. The molecule has 0 unspecified atom stereocenters. The van der Waals surface area contributed by atoms with Crippen molar-refractivity contribution in [3.63, 3.8) is 0 Å². The second-order valence-corrected chi connectivity index (χ2v) is 7.49. The number of aromatic nitrogens is 2. The highest BCUT2D eigenvalue weighted by molar-refractivity contribution is 5.95. The van der Waals surface area contributed by atoms with E-state index >= 15 is 0 Å². The van der Waals surface area contributed by atoms with Gasteiger partial charge in [-0.1, -0.05) is 36.4 Å². The fraction of sp³-hybridized carbons (Fsp3) is 0.261. The van der Waals surface area contributed by atoms with Crippen LogP contribution in [-0.2, 0) is 19.4 Å². The van der Waals surface area contributed by atoms with E-state index in [1.54, 1.807) is 0 Å². The van der Waals surface area contributed by atoms with Crippen LogP contribution in [0.3, 0.4) is 0 Å². The van der Waals surface area contributed by atoms with Crippen LogP contribution in [0, 0.1) is 5.41 Å². The Morgan fingerprint density at radius 2 is 2.00 bits per heavy atom. The van der Waals surface area contributed by atoms with E-state index < -0.39 is 0 Å². The number of fused-ring (bicyclic) bond motifs is 1. The Balaban J connectivity index is 1.64. The Kier molecular flexibility index (Phi) is 3.49. The summed E-state index contributed by atoms with van der Waals surface area (Å²) >= 11 is 0. The molecule has 0 saturated carbocycles. The summed E-state index contributed by atoms with van der Waals surface area (Å²) in [4.78, 5) is 3.38. The van der Waals surface area contributed by atoms with Gasteiger partial charge in [0, 0.05) is 46.9 Å². The van der Waals surface area contributed by atoms with Crippen molar-refractivity contribution < 1.29 is 0 Å². The Morgan fingerprint density at radius 3 is 2.88 bits per heavy atom. The average molecular weight is 341 g/mol. The van der Waals surface area contributed by atoms with Crippen molar-refractivity contribution in [2.24, 2.45) is 0 Å². The molecule has 3 heterocycles. The van der Waals surface area contributed by atoms with Crippen LogP contribution in [-0.4, -0.2) is 15.3 Å². The average Bonchev–Trinajstić information content (AvgIpc) is 3.23. The predicted octanol–water partition coefficient (Wildman–Crippen LogP) is 5.43. The minimum Gasteiger partial charge on any atom is -0.361 e. The summed E-state index contributed by atoms with van der Waals surface area (Å²) in [7, 11) is 0. The highest BCUT2D eigenvalue weighted by Gasteiger charge is 2.23. The molecule has 0 aliphatic carbocycles. The third-order valence-electron chi connectivity index (χ3n) is 5.85. The molecule has 0 saturated heterocycles. The van der Waals surface area contributed by atoms with Crippen molar-refractivity contribution in [3.05, 3.63) is 71.5 Å². The zero-order valence-electron chi connectivity index (χ0n) is 15.0. The van der Waals surface area contributed by atoms with Gasteiger partial charge >= 0.3 is 0 Å². The molecule has 26 heavy (non-hydrogen) atoms. The third kappa shape index (κ3) is 2.31. The Hall–Kier alpha value is -2.81. The molecule has 3 nitrogen and oxygen atoms in total. The first-order valence-electron chi connectivity index (χ1n) is 9.43. The van der Waals surface area contributed by atoms with Gasteiger partial charge in [0.1, 0.15) is 0 Å². The van der Waals surface area contributed by atoms with Crippen molar-refractivity contribution in [2.45, 2.75) is 38.6 Å². The normalized spacial score (nSPS) is 14.8. The number of aryl methyl sites for hydroxylation is 2. The van der Waals surface area contributed by atoms with Gasteiger partial charge in [-0.15, -0.1) is 0 Å². The van der Waals surface area contributed by atoms with Crippen LogP contribution in [0.25, 0.3) is 21.8 Å². The summed E-state index contributed by atoms with van der Waals surface area (Å²) in [5.74, 6) is 0.117. The van der Waals surface area contributed by atoms with Crippen molar-refractivity contribution >= 4 is 27.5 Å². The first kappa shape index (κ1) is 15.4. The van der Waals surface area contributed by atoms with Gasteiger partial charge < -0.3 is 15.0 Å². The summed E-state index contributed by atoms with van der Waals surface area (Å²) in [5, 5.41) is 11.1. The maximum absolute atomic E-state index is 8.49. The molecule has 0 spiro atoms. The third-order valence-corrected chi connectivity index (χ3v) is 5.85. The molecule has 0 amide bonds. The molecule has 0 bridgehead atoms. The molecule has 3 heteroatoms. The molecule has 5 rings (SSSR count). The van der Waals surface area contributed by atoms with Crippen molar-refractivity contribution in [2.75, 3.05) is 0 Å². The standard InChI is InChI=1S/C23H23N3/c1-15(24)20(12-17-13-25-22-10-3-2-8-18(17)22)21-14-26-11-5-7-16-6-4-9-19(21)23(16)26/h2-4,6,8-10,13-14,20,24-25H,5,7,11-12H2,1H3/t20-/m0/s1. The summed E-state index contributed by atoms with van der Waals surface area (Å²) < 4.78 is 2.41. The molecule has 2 N–H and O–H groups in total. The number of rotatable bonds is 4. The smallest absolute Gasteiger partial charge is 0.0515 e. The van der Waals surface area contributed by atoms with Crippen molar-refractivity contribution in [3.8, 4) is 0 Å². The van der Waals surface area contributed by atoms with Gasteiger partial charge in [-0.05, 0) is 48.9 Å². The maximum atomic E-state index is 8.49. The van der Waals surface area contributed by atoms with Crippen LogP contribution in [0.5, 0.6) is 0 Å². The van der Waals surface area contributed by atoms with E-state index in [2.05, 4.69) is 64.4 Å². The molecule has 0 fully saturated rings. The van der Waals surface area contributed by atoms with Gasteiger partial charge in [-0.25, -0.2) is 0 Å². The first-order valence-corrected chi connectivity index (χ1v) is 9.43. The maximum Gasteiger partial charge on any atom is 0.0515 e. The molecule has 130 valence electrons. The molecular weight excluding hydrogens is 318 g/mol. The number of nitrogens with one attached hydrogen (secondary N) is 2. The molecule has 1 aliphatic heterocycles. The van der Waals surface area contributed by atoms with E-state index in [-0.39, 0.29) is 5.92 Å². The SMILES string of the molecule is CC(=N)[C@H](Cc1c[nH]c2ccccc12)c1cn2c3c(cccc13)CCC2. The van der Waals surface area contributed by atoms with Gasteiger partial charge in [0.25, 0.3) is 0 Å². The lowest BCUT2D eigenvalue weighted by Crippen LogP contribution is -2.11. The monoisotopic (exact) mass is 341 g/mol. The number of benzene rings is 2. The number of para-hydroxylation sites is 2. The van der Waals surface area contributed by atoms with Crippen LogP contribution in [0.1, 0.15) is 36.0 Å². The molecule has 1 aliphatic rings. The van der Waals surface area contributed by atoms with E-state index in [0.717, 1.165) is 25.1 Å². The van der Waals surface area contributed by atoms with Crippen LogP contribution in [0.15, 0.2) is 54.9 Å². The van der Waals surface area contributed by atoms with E-state index in [0.29, 0.717) is 0 Å². The van der Waals surface area contributed by atoms with Gasteiger partial charge in [-0.2, -0.15) is 0 Å². The highest BCUT2D eigenvalue weighted by Crippen LogP contribution is 2.36. The first-order chi connectivity index (χ1) is 12.7. The lowest BCUT2D eigenvalue weighted by molar-refractivity contribution is 0.633. The Bertz CT molecular complexity index is 1130. The van der Waals surface area contributed by atoms with E-state index in [1.165, 1.54) is 44.9 Å². The van der Waals surface area contributed by atoms with Crippen LogP contribution < -0.4 is 0 Å². The quantitative estimate of drug-likeness (QED) is 0.465. The van der Waals surface area contributed by atoms with Crippen molar-refractivity contribution in [1.29, 1.82) is 5.41 Å². The largest absolute Gasteiger partial charge is 0.361 e. The fourth-order valence-corrected chi connectivity index (χ4v) is 4.58. The topological polar surface area (TPSA) is 44.6 Å². The number of hydrogen-bond acceptors (Lipinski definition) is 1. The minimum absolute atomic E-state index is 0.117. The molecule has 4 aromatic rings. The van der Waals surface area contributed by atoms with Gasteiger partial charge in [0.05, 0.1) is 5.52 Å². The number of nitrogens with zero attached hydrogens (tertiary/aromatic N) is 1. The Labute approximate surface area is 153 Å². The zero-order valence-corrected chi connectivity index (χ0v) is 15.0. The lowest BCUT2D eigenvalue weighted by Gasteiger charge is -2.15. The molecule has 0 radical (unpaired) electrons. The minimum atomic E-state index is 0.117. The zero-order chi connectivity index (χ0) is 17.7. The summed E-state index contributed by atoms with van der Waals surface area (Å²) in [6.45, 7) is 3.04. The van der Waals surface area contributed by atoms with Gasteiger partial charge in [0.2, 0.25) is 0 Å². The number of hydrogen-bond donors (Lipinski definition) is 2. The molecular formula is C23H23N3. The van der Waals surface area contributed by atoms with Gasteiger partial charge in [-0.3, -0.25) is 0 Å². The van der Waals surface area contributed by atoms with Crippen LogP contribution in [0.4, 0.5) is 0 Å². The Morgan fingerprint density at radius 1 is 1.15 bits per heavy atom. The van der Waals surface area contributed by atoms with E-state index in [9.17, 15) is 0 Å². The number of H-pyrrole nitrogens is 1. The second kappa shape index (κ2) is 5.87. The second-order valence-electron chi connectivity index (χ2n) is 7.49. The predicted molar refractivity (Wildman–Crippen MR) is 108 cm³/mol. The van der Waals surface area contributed by atoms with Gasteiger partial charge in [0.15, 0.2) is 0 Å². The summed E-state index contributed by atoms with van der Waals surface area (Å²) in [6, 6.07) is 15.1. The van der Waals surface area contributed by atoms with Crippen LogP contribution >= 0.6 is 0 Å².